The first-order chi connectivity index (χ1) is 9.90. The van der Waals surface area contributed by atoms with Crippen LogP contribution in [0, 0.1) is 0 Å². The maximum Gasteiger partial charge on any atom is 0.0620 e. The topological polar surface area (TPSA) is 24.5 Å². The van der Waals surface area contributed by atoms with Gasteiger partial charge >= 0.3 is 0 Å². The summed E-state index contributed by atoms with van der Waals surface area (Å²) in [5, 5.41) is 3.76. The minimum Gasteiger partial charge on any atom is -0.380 e. The van der Waals surface area contributed by atoms with Crippen LogP contribution in [0.1, 0.15) is 24.8 Å². The Kier molecular flexibility index (Phi) is 5.06. The predicted molar refractivity (Wildman–Crippen MR) is 82.0 cm³/mol. The molecule has 1 aromatic carbocycles. The third kappa shape index (κ3) is 4.05. The van der Waals surface area contributed by atoms with Gasteiger partial charge in [-0.3, -0.25) is 0 Å². The number of rotatable bonds is 5. The number of piperidine rings is 1. The van der Waals surface area contributed by atoms with E-state index in [0.717, 1.165) is 13.2 Å². The Balaban J connectivity index is 1.35. The lowest BCUT2D eigenvalue weighted by Gasteiger charge is -2.33. The van der Waals surface area contributed by atoms with Crippen molar-refractivity contribution in [3.05, 3.63) is 35.9 Å². The number of likely N-dealkylation sites (tertiary alicyclic amines) is 1. The molecule has 3 heteroatoms. The van der Waals surface area contributed by atoms with Crippen molar-refractivity contribution in [3.63, 3.8) is 0 Å². The van der Waals surface area contributed by atoms with Crippen LogP contribution in [0.25, 0.3) is 0 Å². The van der Waals surface area contributed by atoms with Crippen molar-refractivity contribution in [1.82, 2.24) is 10.2 Å². The standard InChI is InChI=1S/C17H26N2O/c1-2-4-15(5-3-1)6-10-19-11-7-16(8-12-19)18-17-9-13-20-14-17/h1-5,16-18H,6-14H2. The van der Waals surface area contributed by atoms with E-state index in [2.05, 4.69) is 40.5 Å². The molecule has 2 aliphatic heterocycles. The minimum absolute atomic E-state index is 0.607. The summed E-state index contributed by atoms with van der Waals surface area (Å²) in [4.78, 5) is 2.61. The van der Waals surface area contributed by atoms with Crippen LogP contribution in [0.15, 0.2) is 30.3 Å². The molecule has 0 bridgehead atoms. The van der Waals surface area contributed by atoms with E-state index in [1.54, 1.807) is 0 Å². The van der Waals surface area contributed by atoms with Gasteiger partial charge in [-0.05, 0) is 44.3 Å². The molecule has 20 heavy (non-hydrogen) atoms. The molecule has 2 aliphatic rings. The van der Waals surface area contributed by atoms with Crippen molar-refractivity contribution in [1.29, 1.82) is 0 Å². The summed E-state index contributed by atoms with van der Waals surface area (Å²) in [5.74, 6) is 0. The van der Waals surface area contributed by atoms with Crippen LogP contribution in [-0.4, -0.2) is 49.8 Å². The maximum absolute atomic E-state index is 5.43. The lowest BCUT2D eigenvalue weighted by Crippen LogP contribution is -2.46. The average Bonchev–Trinajstić information content (AvgIpc) is 3.01. The van der Waals surface area contributed by atoms with Crippen molar-refractivity contribution in [3.8, 4) is 0 Å². The molecule has 0 aliphatic carbocycles. The number of benzene rings is 1. The monoisotopic (exact) mass is 274 g/mol. The molecule has 1 unspecified atom stereocenters. The Bertz CT molecular complexity index is 381. The summed E-state index contributed by atoms with van der Waals surface area (Å²) in [5.41, 5.74) is 1.45. The van der Waals surface area contributed by atoms with E-state index in [1.807, 2.05) is 0 Å². The van der Waals surface area contributed by atoms with E-state index in [1.165, 1.54) is 50.9 Å². The Labute approximate surface area is 122 Å². The fourth-order valence-electron chi connectivity index (χ4n) is 3.25. The van der Waals surface area contributed by atoms with Gasteiger partial charge in [-0.15, -0.1) is 0 Å². The molecule has 0 radical (unpaired) electrons. The summed E-state index contributed by atoms with van der Waals surface area (Å²) in [6.07, 6.45) is 4.93. The lowest BCUT2D eigenvalue weighted by atomic mass is 10.0. The van der Waals surface area contributed by atoms with Crippen molar-refractivity contribution in [2.24, 2.45) is 0 Å². The molecule has 110 valence electrons. The first kappa shape index (κ1) is 14.1. The summed E-state index contributed by atoms with van der Waals surface area (Å²) in [6, 6.07) is 12.1. The smallest absolute Gasteiger partial charge is 0.0620 e. The zero-order chi connectivity index (χ0) is 13.6. The van der Waals surface area contributed by atoms with Crippen LogP contribution in [0.3, 0.4) is 0 Å². The van der Waals surface area contributed by atoms with E-state index in [-0.39, 0.29) is 0 Å². The van der Waals surface area contributed by atoms with Crippen molar-refractivity contribution < 1.29 is 4.74 Å². The Morgan fingerprint density at radius 1 is 1.05 bits per heavy atom. The summed E-state index contributed by atoms with van der Waals surface area (Å²) in [6.45, 7) is 5.52. The molecule has 3 rings (SSSR count). The minimum atomic E-state index is 0.607. The molecule has 0 saturated carbocycles. The van der Waals surface area contributed by atoms with E-state index in [0.29, 0.717) is 12.1 Å². The van der Waals surface area contributed by atoms with Gasteiger partial charge in [-0.25, -0.2) is 0 Å². The van der Waals surface area contributed by atoms with E-state index < -0.39 is 0 Å². The van der Waals surface area contributed by atoms with Crippen LogP contribution >= 0.6 is 0 Å². The van der Waals surface area contributed by atoms with Crippen LogP contribution in [0.4, 0.5) is 0 Å². The predicted octanol–water partition coefficient (Wildman–Crippen LogP) is 2.07. The molecule has 1 N–H and O–H groups in total. The molecule has 0 amide bonds. The normalized spacial score (nSPS) is 25.1. The molecule has 0 spiro atoms. The first-order valence-electron chi connectivity index (χ1n) is 8.00. The molecular weight excluding hydrogens is 248 g/mol. The second kappa shape index (κ2) is 7.21. The Hall–Kier alpha value is -0.900. The molecule has 0 aromatic heterocycles. The molecule has 1 atom stereocenters. The number of nitrogens with zero attached hydrogens (tertiary/aromatic N) is 1. The summed E-state index contributed by atoms with van der Waals surface area (Å²) < 4.78 is 5.43. The first-order valence-corrected chi connectivity index (χ1v) is 8.00. The highest BCUT2D eigenvalue weighted by molar-refractivity contribution is 5.14. The number of ether oxygens (including phenoxy) is 1. The number of nitrogens with one attached hydrogen (secondary N) is 1. The van der Waals surface area contributed by atoms with E-state index in [9.17, 15) is 0 Å². The number of hydrogen-bond acceptors (Lipinski definition) is 3. The fourth-order valence-corrected chi connectivity index (χ4v) is 3.25. The van der Waals surface area contributed by atoms with Gasteiger partial charge in [-0.1, -0.05) is 30.3 Å². The van der Waals surface area contributed by atoms with Crippen LogP contribution < -0.4 is 5.32 Å². The van der Waals surface area contributed by atoms with E-state index in [4.69, 9.17) is 4.74 Å². The second-order valence-electron chi connectivity index (χ2n) is 6.08. The summed E-state index contributed by atoms with van der Waals surface area (Å²) in [7, 11) is 0. The molecule has 2 heterocycles. The largest absolute Gasteiger partial charge is 0.380 e. The van der Waals surface area contributed by atoms with E-state index >= 15 is 0 Å². The molecule has 2 saturated heterocycles. The van der Waals surface area contributed by atoms with Crippen LogP contribution in [-0.2, 0) is 11.2 Å². The fraction of sp³-hybridized carbons (Fsp3) is 0.647. The van der Waals surface area contributed by atoms with Gasteiger partial charge in [0, 0.05) is 25.2 Å². The molecule has 3 nitrogen and oxygen atoms in total. The van der Waals surface area contributed by atoms with Crippen molar-refractivity contribution in [2.45, 2.75) is 37.8 Å². The third-order valence-corrected chi connectivity index (χ3v) is 4.55. The zero-order valence-corrected chi connectivity index (χ0v) is 12.3. The van der Waals surface area contributed by atoms with Crippen molar-refractivity contribution >= 4 is 0 Å². The van der Waals surface area contributed by atoms with Crippen molar-refractivity contribution in [2.75, 3.05) is 32.8 Å². The van der Waals surface area contributed by atoms with Gasteiger partial charge in [0.25, 0.3) is 0 Å². The Morgan fingerprint density at radius 3 is 2.55 bits per heavy atom. The lowest BCUT2D eigenvalue weighted by molar-refractivity contribution is 0.171. The quantitative estimate of drug-likeness (QED) is 0.889. The zero-order valence-electron chi connectivity index (χ0n) is 12.3. The average molecular weight is 274 g/mol. The Morgan fingerprint density at radius 2 is 1.85 bits per heavy atom. The third-order valence-electron chi connectivity index (χ3n) is 4.55. The highest BCUT2D eigenvalue weighted by Crippen LogP contribution is 2.14. The SMILES string of the molecule is c1ccc(CCN2CCC(NC3CCOC3)CC2)cc1. The molecular formula is C17H26N2O. The summed E-state index contributed by atoms with van der Waals surface area (Å²) >= 11 is 0. The highest BCUT2D eigenvalue weighted by Gasteiger charge is 2.23. The highest BCUT2D eigenvalue weighted by atomic mass is 16.5. The van der Waals surface area contributed by atoms with Gasteiger partial charge in [0.1, 0.15) is 0 Å². The van der Waals surface area contributed by atoms with Crippen LogP contribution in [0.2, 0.25) is 0 Å². The van der Waals surface area contributed by atoms with Crippen LogP contribution in [0.5, 0.6) is 0 Å². The van der Waals surface area contributed by atoms with Gasteiger partial charge in [0.15, 0.2) is 0 Å². The van der Waals surface area contributed by atoms with Gasteiger partial charge in [-0.2, -0.15) is 0 Å². The maximum atomic E-state index is 5.43. The van der Waals surface area contributed by atoms with Gasteiger partial charge in [0.05, 0.1) is 6.61 Å². The molecule has 1 aromatic rings. The number of hydrogen-bond donors (Lipinski definition) is 1. The second-order valence-corrected chi connectivity index (χ2v) is 6.08. The van der Waals surface area contributed by atoms with Gasteiger partial charge in [0.2, 0.25) is 0 Å². The molecule has 2 fully saturated rings. The van der Waals surface area contributed by atoms with Gasteiger partial charge < -0.3 is 15.0 Å².